The molecule has 1 N–H and O–H groups in total. The van der Waals surface area contributed by atoms with Gasteiger partial charge in [0.25, 0.3) is 0 Å². The van der Waals surface area contributed by atoms with E-state index in [0.29, 0.717) is 0 Å². The van der Waals surface area contributed by atoms with Gasteiger partial charge in [-0.2, -0.15) is 24.5 Å². The smallest absolute Gasteiger partial charge is 0.305 e. The normalized spacial score (nSPS) is 11.8. The van der Waals surface area contributed by atoms with Gasteiger partial charge in [-0.05, 0) is 34.4 Å². The second-order valence-electron chi connectivity index (χ2n) is 4.40. The third kappa shape index (κ3) is 4.08. The van der Waals surface area contributed by atoms with Crippen LogP contribution in [0.25, 0.3) is 11.1 Å². The summed E-state index contributed by atoms with van der Waals surface area (Å²) in [5.74, 6) is 0. The third-order valence-corrected chi connectivity index (χ3v) is 3.54. The van der Waals surface area contributed by atoms with Gasteiger partial charge in [0.1, 0.15) is 0 Å². The molecule has 0 fully saturated rings. The molecule has 1 heterocycles. The highest BCUT2D eigenvalue weighted by Gasteiger charge is 2.26. The van der Waals surface area contributed by atoms with Crippen LogP contribution in [0.3, 0.4) is 0 Å². The van der Waals surface area contributed by atoms with Crippen LogP contribution in [0.15, 0.2) is 35.0 Å². The van der Waals surface area contributed by atoms with Crippen LogP contribution >= 0.6 is 11.3 Å². The molecule has 0 aliphatic carbocycles. The molecule has 1 nitrogen and oxygen atoms in total. The van der Waals surface area contributed by atoms with Gasteiger partial charge in [-0.15, -0.1) is 0 Å². The fraction of sp³-hybridized carbons (Fsp3) is 0.286. The Balaban J connectivity index is 2.07. The first-order chi connectivity index (χ1) is 8.96. The Labute approximate surface area is 114 Å². The van der Waals surface area contributed by atoms with Crippen molar-refractivity contribution in [3.8, 4) is 11.1 Å². The molecular formula is C14H14F3NS. The molecule has 2 aromatic rings. The number of alkyl halides is 3. The number of halogens is 3. The summed E-state index contributed by atoms with van der Waals surface area (Å²) in [6.45, 7) is 1.27. The van der Waals surface area contributed by atoms with E-state index in [0.717, 1.165) is 22.3 Å². The maximum Gasteiger partial charge on any atom is 0.401 e. The van der Waals surface area contributed by atoms with Gasteiger partial charge in [0.15, 0.2) is 0 Å². The van der Waals surface area contributed by atoms with Crippen LogP contribution in [0.2, 0.25) is 0 Å². The maximum atomic E-state index is 12.1. The number of rotatable bonds is 4. The third-order valence-electron chi connectivity index (χ3n) is 2.75. The molecule has 0 amide bonds. The summed E-state index contributed by atoms with van der Waals surface area (Å²) in [6.07, 6.45) is -4.17. The lowest BCUT2D eigenvalue weighted by molar-refractivity contribution is -0.125. The van der Waals surface area contributed by atoms with Crippen LogP contribution in [0.1, 0.15) is 11.1 Å². The van der Waals surface area contributed by atoms with Gasteiger partial charge < -0.3 is 5.32 Å². The van der Waals surface area contributed by atoms with Crippen molar-refractivity contribution in [1.82, 2.24) is 5.32 Å². The quantitative estimate of drug-likeness (QED) is 0.879. The number of hydrogen-bond acceptors (Lipinski definition) is 2. The Hall–Kier alpha value is -1.33. The Bertz CT molecular complexity index is 528. The van der Waals surface area contributed by atoms with Crippen molar-refractivity contribution in [2.24, 2.45) is 0 Å². The number of benzene rings is 1. The summed E-state index contributed by atoms with van der Waals surface area (Å²) in [6, 6.07) is 7.98. The van der Waals surface area contributed by atoms with Gasteiger partial charge in [0.2, 0.25) is 0 Å². The van der Waals surface area contributed by atoms with E-state index >= 15 is 0 Å². The molecule has 0 saturated heterocycles. The number of nitrogens with one attached hydrogen (secondary N) is 1. The van der Waals surface area contributed by atoms with Crippen LogP contribution in [0.5, 0.6) is 0 Å². The minimum atomic E-state index is -4.17. The van der Waals surface area contributed by atoms with Gasteiger partial charge in [-0.3, -0.25) is 0 Å². The summed E-state index contributed by atoms with van der Waals surface area (Å²) < 4.78 is 36.3. The van der Waals surface area contributed by atoms with Crippen LogP contribution < -0.4 is 5.32 Å². The van der Waals surface area contributed by atoms with E-state index < -0.39 is 12.7 Å². The van der Waals surface area contributed by atoms with Gasteiger partial charge in [0.05, 0.1) is 6.54 Å². The van der Waals surface area contributed by atoms with Crippen LogP contribution in [0, 0.1) is 6.92 Å². The van der Waals surface area contributed by atoms with Crippen molar-refractivity contribution in [3.05, 3.63) is 46.2 Å². The van der Waals surface area contributed by atoms with Crippen LogP contribution in [-0.2, 0) is 6.54 Å². The molecule has 102 valence electrons. The second kappa shape index (κ2) is 5.75. The molecule has 0 bridgehead atoms. The summed E-state index contributed by atoms with van der Waals surface area (Å²) in [5, 5.41) is 6.29. The van der Waals surface area contributed by atoms with E-state index in [9.17, 15) is 13.2 Å². The van der Waals surface area contributed by atoms with E-state index in [-0.39, 0.29) is 6.54 Å². The topological polar surface area (TPSA) is 12.0 Å². The Morgan fingerprint density at radius 3 is 2.42 bits per heavy atom. The summed E-state index contributed by atoms with van der Waals surface area (Å²) >= 11 is 1.50. The Morgan fingerprint density at radius 2 is 1.79 bits per heavy atom. The zero-order valence-corrected chi connectivity index (χ0v) is 11.2. The fourth-order valence-electron chi connectivity index (χ4n) is 1.79. The number of hydrogen-bond donors (Lipinski definition) is 1. The second-order valence-corrected chi connectivity index (χ2v) is 5.14. The molecular weight excluding hydrogens is 271 g/mol. The monoisotopic (exact) mass is 285 g/mol. The van der Waals surface area contributed by atoms with Crippen LogP contribution in [-0.4, -0.2) is 12.7 Å². The standard InChI is InChI=1S/C14H14F3NS/c1-10-2-4-11(5-3-10)13-8-19-7-12(13)6-18-9-14(15,16)17/h2-5,7-8,18H,6,9H2,1H3. The predicted octanol–water partition coefficient (Wildman–Crippen LogP) is 4.38. The molecule has 0 aliphatic rings. The van der Waals surface area contributed by atoms with Crippen molar-refractivity contribution >= 4 is 11.3 Å². The molecule has 0 atom stereocenters. The molecule has 2 rings (SSSR count). The van der Waals surface area contributed by atoms with Gasteiger partial charge in [0, 0.05) is 6.54 Å². The zero-order valence-electron chi connectivity index (χ0n) is 10.4. The van der Waals surface area contributed by atoms with E-state index in [1.807, 2.05) is 41.9 Å². The van der Waals surface area contributed by atoms with Crippen molar-refractivity contribution in [1.29, 1.82) is 0 Å². The lowest BCUT2D eigenvalue weighted by Crippen LogP contribution is -2.28. The summed E-state index contributed by atoms with van der Waals surface area (Å²) in [5.41, 5.74) is 4.10. The van der Waals surface area contributed by atoms with E-state index in [2.05, 4.69) is 5.32 Å². The molecule has 0 saturated carbocycles. The van der Waals surface area contributed by atoms with E-state index in [4.69, 9.17) is 0 Å². The first-order valence-electron chi connectivity index (χ1n) is 5.85. The van der Waals surface area contributed by atoms with Crippen molar-refractivity contribution < 1.29 is 13.2 Å². The lowest BCUT2D eigenvalue weighted by atomic mass is 10.0. The zero-order chi connectivity index (χ0) is 13.9. The first kappa shape index (κ1) is 14.1. The number of thiophene rings is 1. The highest BCUT2D eigenvalue weighted by molar-refractivity contribution is 7.08. The van der Waals surface area contributed by atoms with Gasteiger partial charge >= 0.3 is 6.18 Å². The molecule has 19 heavy (non-hydrogen) atoms. The molecule has 0 spiro atoms. The van der Waals surface area contributed by atoms with Crippen LogP contribution in [0.4, 0.5) is 13.2 Å². The average Bonchev–Trinajstić information content (AvgIpc) is 2.77. The molecule has 0 aliphatic heterocycles. The molecule has 1 aromatic heterocycles. The minimum absolute atomic E-state index is 0.228. The molecule has 0 unspecified atom stereocenters. The van der Waals surface area contributed by atoms with E-state index in [1.54, 1.807) is 0 Å². The fourth-order valence-corrected chi connectivity index (χ4v) is 2.65. The summed E-state index contributed by atoms with van der Waals surface area (Å²) in [7, 11) is 0. The van der Waals surface area contributed by atoms with E-state index in [1.165, 1.54) is 11.3 Å². The summed E-state index contributed by atoms with van der Waals surface area (Å²) in [4.78, 5) is 0. The van der Waals surface area contributed by atoms with Crippen molar-refractivity contribution in [2.75, 3.05) is 6.54 Å². The first-order valence-corrected chi connectivity index (χ1v) is 6.79. The highest BCUT2D eigenvalue weighted by atomic mass is 32.1. The Kier molecular flexibility index (Phi) is 4.27. The SMILES string of the molecule is Cc1ccc(-c2cscc2CNCC(F)(F)F)cc1. The molecule has 5 heteroatoms. The largest absolute Gasteiger partial charge is 0.401 e. The predicted molar refractivity (Wildman–Crippen MR) is 72.3 cm³/mol. The molecule has 0 radical (unpaired) electrons. The molecule has 1 aromatic carbocycles. The average molecular weight is 285 g/mol. The minimum Gasteiger partial charge on any atom is -0.305 e. The van der Waals surface area contributed by atoms with Gasteiger partial charge in [-0.1, -0.05) is 29.8 Å². The Morgan fingerprint density at radius 1 is 1.11 bits per heavy atom. The maximum absolute atomic E-state index is 12.1. The van der Waals surface area contributed by atoms with Crippen molar-refractivity contribution in [3.63, 3.8) is 0 Å². The number of aryl methyl sites for hydroxylation is 1. The highest BCUT2D eigenvalue weighted by Crippen LogP contribution is 2.27. The lowest BCUT2D eigenvalue weighted by Gasteiger charge is -2.09. The van der Waals surface area contributed by atoms with Crippen molar-refractivity contribution in [2.45, 2.75) is 19.6 Å². The van der Waals surface area contributed by atoms with Gasteiger partial charge in [-0.25, -0.2) is 0 Å².